The van der Waals surface area contributed by atoms with Crippen LogP contribution < -0.4 is 15.0 Å². The molecule has 274 valence electrons. The van der Waals surface area contributed by atoms with Crippen molar-refractivity contribution < 1.29 is 19.4 Å². The number of anilines is 1. The Hall–Kier alpha value is -3.56. The molecule has 0 radical (unpaired) electrons. The van der Waals surface area contributed by atoms with Gasteiger partial charge >= 0.3 is 5.97 Å². The summed E-state index contributed by atoms with van der Waals surface area (Å²) in [5.74, 6) is -0.408. The van der Waals surface area contributed by atoms with Crippen molar-refractivity contribution in [3.05, 3.63) is 116 Å². The molecule has 1 atom stereocenters. The molecule has 1 aromatic heterocycles. The third-order valence-electron chi connectivity index (χ3n) is 9.23. The Morgan fingerprint density at radius 1 is 0.980 bits per heavy atom. The van der Waals surface area contributed by atoms with Crippen molar-refractivity contribution in [1.29, 1.82) is 0 Å². The number of carboxylic acid groups (broad SMARTS) is 1. The van der Waals surface area contributed by atoms with Crippen molar-refractivity contribution in [3.8, 4) is 5.75 Å². The second-order valence-corrected chi connectivity index (χ2v) is 14.9. The Morgan fingerprint density at radius 3 is 2.45 bits per heavy atom. The van der Waals surface area contributed by atoms with Crippen LogP contribution in [0.15, 0.2) is 78.2 Å². The molecule has 0 saturated carbocycles. The summed E-state index contributed by atoms with van der Waals surface area (Å²) in [6.45, 7) is 11.8. The summed E-state index contributed by atoms with van der Waals surface area (Å²) in [5.41, 5.74) is 5.94. The molecule has 4 aromatic rings. The number of benzene rings is 3. The lowest BCUT2D eigenvalue weighted by Crippen LogP contribution is -2.34. The Morgan fingerprint density at radius 2 is 1.73 bits per heavy atom. The lowest BCUT2D eigenvalue weighted by molar-refractivity contribution is -0.121. The molecule has 1 fully saturated rings. The number of hydrogen-bond donors (Lipinski definition) is 2. The topological polar surface area (TPSA) is 82.1 Å². The number of amides is 1. The van der Waals surface area contributed by atoms with Gasteiger partial charge in [-0.25, -0.2) is 4.79 Å². The molecule has 0 spiro atoms. The van der Waals surface area contributed by atoms with Gasteiger partial charge in [-0.05, 0) is 103 Å². The fourth-order valence-corrected chi connectivity index (χ4v) is 7.89. The first kappa shape index (κ1) is 40.2. The maximum absolute atomic E-state index is 13.1. The minimum atomic E-state index is -1.04. The lowest BCUT2D eigenvalue weighted by Gasteiger charge is -2.33. The number of carbonyl (C=O) groups is 2. The Kier molecular flexibility index (Phi) is 15.7. The summed E-state index contributed by atoms with van der Waals surface area (Å²) in [5, 5.41) is 15.7. The van der Waals surface area contributed by atoms with Crippen LogP contribution in [-0.2, 0) is 30.7 Å². The summed E-state index contributed by atoms with van der Waals surface area (Å²) in [7, 11) is 0. The van der Waals surface area contributed by atoms with E-state index in [0.717, 1.165) is 55.3 Å². The molecule has 3 aromatic carbocycles. The minimum Gasteiger partial charge on any atom is -0.493 e. The average Bonchev–Trinajstić information content (AvgIpc) is 3.58. The van der Waals surface area contributed by atoms with Gasteiger partial charge in [0.25, 0.3) is 0 Å². The number of hydrogen-bond acceptors (Lipinski definition) is 6. The van der Waals surface area contributed by atoms with E-state index in [0.29, 0.717) is 18.3 Å². The molecule has 10 heteroatoms. The van der Waals surface area contributed by atoms with Crippen LogP contribution in [0.25, 0.3) is 0 Å². The highest BCUT2D eigenvalue weighted by molar-refractivity contribution is 7.10. The van der Waals surface area contributed by atoms with Crippen LogP contribution in [0.3, 0.4) is 0 Å². The molecule has 2 aliphatic rings. The summed E-state index contributed by atoms with van der Waals surface area (Å²) in [6.07, 6.45) is 5.86. The Labute approximate surface area is 318 Å². The zero-order valence-electron chi connectivity index (χ0n) is 29.9. The number of fused-ring (bicyclic) bond motifs is 1. The molecule has 2 N–H and O–H groups in total. The molecule has 6 rings (SSSR count). The van der Waals surface area contributed by atoms with Crippen molar-refractivity contribution >= 4 is 52.9 Å². The smallest absolute Gasteiger partial charge is 0.339 e. The number of piperidine rings is 1. The molecular formula is C41H51Cl2N3O4S. The van der Waals surface area contributed by atoms with Gasteiger partial charge in [-0.2, -0.15) is 0 Å². The first-order valence-electron chi connectivity index (χ1n) is 17.8. The second-order valence-electron chi connectivity index (χ2n) is 13.5. The van der Waals surface area contributed by atoms with E-state index in [9.17, 15) is 14.7 Å². The number of halogens is 2. The number of rotatable bonds is 12. The van der Waals surface area contributed by atoms with E-state index in [2.05, 4.69) is 70.7 Å². The molecule has 0 bridgehead atoms. The average molecular weight is 753 g/mol. The quantitative estimate of drug-likeness (QED) is 0.150. The van der Waals surface area contributed by atoms with Gasteiger partial charge in [-0.1, -0.05) is 67.9 Å². The number of carbonyl (C=O) groups excluding carboxylic acids is 1. The van der Waals surface area contributed by atoms with Crippen LogP contribution in [0.2, 0.25) is 5.02 Å². The van der Waals surface area contributed by atoms with Gasteiger partial charge in [0.05, 0.1) is 19.1 Å². The molecule has 0 aliphatic carbocycles. The Balaban J connectivity index is 0.000000270. The number of aromatic carboxylic acids is 1. The largest absolute Gasteiger partial charge is 0.493 e. The van der Waals surface area contributed by atoms with Gasteiger partial charge in [0, 0.05) is 48.3 Å². The fraction of sp³-hybridized carbons (Fsp3) is 0.415. The minimum absolute atomic E-state index is 0. The van der Waals surface area contributed by atoms with Crippen molar-refractivity contribution in [2.24, 2.45) is 5.92 Å². The third kappa shape index (κ3) is 11.5. The molecule has 2 aliphatic heterocycles. The van der Waals surface area contributed by atoms with Crippen molar-refractivity contribution in [2.45, 2.75) is 78.4 Å². The number of thiophene rings is 1. The van der Waals surface area contributed by atoms with E-state index in [-0.39, 0.29) is 36.3 Å². The summed E-state index contributed by atoms with van der Waals surface area (Å²) >= 11 is 8.08. The van der Waals surface area contributed by atoms with E-state index in [4.69, 9.17) is 16.3 Å². The van der Waals surface area contributed by atoms with Crippen LogP contribution in [0.1, 0.15) is 90.0 Å². The van der Waals surface area contributed by atoms with Crippen LogP contribution >= 0.6 is 35.3 Å². The molecule has 0 unspecified atom stereocenters. The standard InChI is InChI=1S/C27H36N2O4.C14H14ClNS.ClH/c1-4-33-25-17-20(12-13-22(25)27(31)32)18-26(30)28-23(16-19(2)3)21-10-6-7-11-24(21)29-14-8-5-9-15-29;15-13-4-2-1-3-11(13)9-16-7-5-14-12(10-16)6-8-17-14;/h6-7,10-13,17,19,23H,4-5,8-9,14-16,18H2,1-3H3,(H,28,30)(H,31,32);1-4,6,8H,5,7,9-10H2;1H/t23-;;/m0../s1. The molecule has 1 amide bonds. The second kappa shape index (κ2) is 19.9. The van der Waals surface area contributed by atoms with Crippen LogP contribution in [0.4, 0.5) is 5.69 Å². The van der Waals surface area contributed by atoms with Crippen LogP contribution in [-0.4, -0.2) is 48.1 Å². The predicted molar refractivity (Wildman–Crippen MR) is 212 cm³/mol. The SMILES string of the molecule is CCOc1cc(CC(=O)N[C@@H](CC(C)C)c2ccccc2N2CCCCC2)ccc1C(=O)O.Cl.Clc1ccccc1CN1CCc2sccc2C1. The molecule has 51 heavy (non-hydrogen) atoms. The van der Waals surface area contributed by atoms with E-state index < -0.39 is 5.97 Å². The Bertz CT molecular complexity index is 1720. The number of para-hydroxylation sites is 1. The monoisotopic (exact) mass is 751 g/mol. The highest BCUT2D eigenvalue weighted by atomic mass is 35.5. The molecule has 7 nitrogen and oxygen atoms in total. The highest BCUT2D eigenvalue weighted by Gasteiger charge is 2.23. The number of ether oxygens (including phenoxy) is 1. The zero-order chi connectivity index (χ0) is 35.5. The van der Waals surface area contributed by atoms with E-state index in [1.807, 2.05) is 29.5 Å². The first-order chi connectivity index (χ1) is 24.2. The fourth-order valence-electron chi connectivity index (χ4n) is 6.81. The van der Waals surface area contributed by atoms with Gasteiger partial charge < -0.3 is 20.1 Å². The predicted octanol–water partition coefficient (Wildman–Crippen LogP) is 9.60. The number of nitrogens with zero attached hydrogens (tertiary/aromatic N) is 2. The molecule has 1 saturated heterocycles. The summed E-state index contributed by atoms with van der Waals surface area (Å²) in [6, 6.07) is 23.6. The van der Waals surface area contributed by atoms with E-state index in [1.165, 1.54) is 48.6 Å². The summed E-state index contributed by atoms with van der Waals surface area (Å²) in [4.78, 5) is 31.0. The normalized spacial score (nSPS) is 14.8. The molecule has 3 heterocycles. The van der Waals surface area contributed by atoms with Crippen LogP contribution in [0, 0.1) is 5.92 Å². The van der Waals surface area contributed by atoms with E-state index >= 15 is 0 Å². The first-order valence-corrected chi connectivity index (χ1v) is 19.1. The van der Waals surface area contributed by atoms with Gasteiger partial charge in [0.2, 0.25) is 5.91 Å². The van der Waals surface area contributed by atoms with Gasteiger partial charge in [0.1, 0.15) is 11.3 Å². The number of nitrogens with one attached hydrogen (secondary N) is 1. The van der Waals surface area contributed by atoms with Crippen molar-refractivity contribution in [1.82, 2.24) is 10.2 Å². The van der Waals surface area contributed by atoms with Crippen molar-refractivity contribution in [2.75, 3.05) is 31.1 Å². The summed E-state index contributed by atoms with van der Waals surface area (Å²) < 4.78 is 5.49. The maximum Gasteiger partial charge on any atom is 0.339 e. The zero-order valence-corrected chi connectivity index (χ0v) is 32.3. The van der Waals surface area contributed by atoms with Crippen LogP contribution in [0.5, 0.6) is 5.75 Å². The van der Waals surface area contributed by atoms with E-state index in [1.54, 1.807) is 23.9 Å². The van der Waals surface area contributed by atoms with Crippen molar-refractivity contribution in [3.63, 3.8) is 0 Å². The van der Waals surface area contributed by atoms with Gasteiger partial charge in [-0.3, -0.25) is 9.69 Å². The molecular weight excluding hydrogens is 701 g/mol. The highest BCUT2D eigenvalue weighted by Crippen LogP contribution is 2.32. The van der Waals surface area contributed by atoms with Gasteiger partial charge in [-0.15, -0.1) is 23.7 Å². The maximum atomic E-state index is 13.1. The third-order valence-corrected chi connectivity index (χ3v) is 10.6. The van der Waals surface area contributed by atoms with Gasteiger partial charge in [0.15, 0.2) is 0 Å². The number of carboxylic acids is 1. The lowest BCUT2D eigenvalue weighted by atomic mass is 9.94.